The molecule has 0 aliphatic heterocycles. The van der Waals surface area contributed by atoms with E-state index in [-0.39, 0.29) is 0 Å². The van der Waals surface area contributed by atoms with Crippen LogP contribution in [0, 0.1) is 6.92 Å². The van der Waals surface area contributed by atoms with Gasteiger partial charge in [0.15, 0.2) is 5.13 Å². The number of carbonyl (C=O) groups excluding carboxylic acids is 1. The molecule has 2 aromatic heterocycles. The lowest BCUT2D eigenvalue weighted by molar-refractivity contribution is 0.0636. The minimum atomic E-state index is -0.561. The molecule has 2 aromatic rings. The normalized spacial score (nSPS) is 11.4. The molecule has 7 nitrogen and oxygen atoms in total. The van der Waals surface area contributed by atoms with E-state index in [1.807, 2.05) is 0 Å². The monoisotopic (exact) mass is 296 g/mol. The maximum absolute atomic E-state index is 11.7. The highest BCUT2D eigenvalue weighted by atomic mass is 32.1. The van der Waals surface area contributed by atoms with Crippen LogP contribution in [0.15, 0.2) is 10.7 Å². The van der Waals surface area contributed by atoms with E-state index in [1.165, 1.54) is 17.5 Å². The number of nitrogens with one attached hydrogen (secondary N) is 1. The number of aryl methyl sites for hydroxylation is 1. The second-order valence-corrected chi connectivity index (χ2v) is 6.17. The molecule has 0 spiro atoms. The van der Waals surface area contributed by atoms with Crippen molar-refractivity contribution in [3.8, 4) is 10.6 Å². The summed E-state index contributed by atoms with van der Waals surface area (Å²) in [5.41, 5.74) is 6.31. The number of thiazole rings is 1. The van der Waals surface area contributed by atoms with Crippen molar-refractivity contribution in [1.29, 1.82) is 0 Å². The average molecular weight is 296 g/mol. The van der Waals surface area contributed by atoms with Gasteiger partial charge in [-0.3, -0.25) is 5.32 Å². The quantitative estimate of drug-likeness (QED) is 0.882. The van der Waals surface area contributed by atoms with Crippen LogP contribution < -0.4 is 11.1 Å². The summed E-state index contributed by atoms with van der Waals surface area (Å²) >= 11 is 1.25. The molecule has 0 aromatic carbocycles. The predicted octanol–water partition coefficient (Wildman–Crippen LogP) is 3.04. The highest BCUT2D eigenvalue weighted by Gasteiger charge is 2.20. The van der Waals surface area contributed by atoms with Crippen LogP contribution in [0.2, 0.25) is 0 Å². The lowest BCUT2D eigenvalue weighted by Gasteiger charge is -2.18. The molecule has 0 aliphatic carbocycles. The fraction of sp³-hybridized carbons (Fsp3) is 0.417. The van der Waals surface area contributed by atoms with Crippen molar-refractivity contribution in [2.75, 3.05) is 11.1 Å². The van der Waals surface area contributed by atoms with Crippen molar-refractivity contribution in [1.82, 2.24) is 10.1 Å². The molecule has 3 N–H and O–H groups in total. The summed E-state index contributed by atoms with van der Waals surface area (Å²) < 4.78 is 10.2. The highest BCUT2D eigenvalue weighted by Crippen LogP contribution is 2.35. The Morgan fingerprint density at radius 3 is 2.75 bits per heavy atom. The molecule has 0 saturated carbocycles. The molecular weight excluding hydrogens is 280 g/mol. The van der Waals surface area contributed by atoms with Gasteiger partial charge in [0.25, 0.3) is 0 Å². The van der Waals surface area contributed by atoms with Crippen LogP contribution in [0.4, 0.5) is 15.6 Å². The first-order chi connectivity index (χ1) is 9.26. The molecule has 1 amide bonds. The van der Waals surface area contributed by atoms with Crippen LogP contribution in [0.3, 0.4) is 0 Å². The molecule has 0 atom stereocenters. The summed E-state index contributed by atoms with van der Waals surface area (Å²) in [6, 6.07) is 0. The van der Waals surface area contributed by atoms with Crippen LogP contribution >= 0.6 is 11.3 Å². The van der Waals surface area contributed by atoms with Crippen molar-refractivity contribution in [2.45, 2.75) is 33.3 Å². The minimum absolute atomic E-state index is 0.419. The lowest BCUT2D eigenvalue weighted by atomic mass is 10.2. The van der Waals surface area contributed by atoms with Crippen molar-refractivity contribution < 1.29 is 14.1 Å². The molecule has 0 saturated heterocycles. The Balaban J connectivity index is 2.16. The maximum Gasteiger partial charge on any atom is 0.413 e. The van der Waals surface area contributed by atoms with Crippen molar-refractivity contribution in [2.24, 2.45) is 0 Å². The summed E-state index contributed by atoms with van der Waals surface area (Å²) in [7, 11) is 0. The topological polar surface area (TPSA) is 103 Å². The largest absolute Gasteiger partial charge is 0.444 e. The number of aromatic nitrogens is 2. The molecule has 0 radical (unpaired) electrons. The predicted molar refractivity (Wildman–Crippen MR) is 76.6 cm³/mol. The molecule has 0 unspecified atom stereocenters. The number of nitrogens with zero attached hydrogens (tertiary/aromatic N) is 2. The third kappa shape index (κ3) is 3.27. The standard InChI is InChI=1S/C12H16N4O3S/c1-6-9(8-7(13)5-14-19-8)20-10(15-6)16-11(17)18-12(2,3)4/h5H,13H2,1-4H3,(H,15,16,17). The second kappa shape index (κ2) is 5.12. The van der Waals surface area contributed by atoms with Gasteiger partial charge in [0.05, 0.1) is 16.8 Å². The van der Waals surface area contributed by atoms with E-state index in [0.717, 1.165) is 4.88 Å². The molecule has 0 bridgehead atoms. The third-order valence-corrected chi connectivity index (χ3v) is 3.28. The summed E-state index contributed by atoms with van der Waals surface area (Å²) in [4.78, 5) is 16.6. The zero-order valence-corrected chi connectivity index (χ0v) is 12.5. The van der Waals surface area contributed by atoms with Crippen molar-refractivity contribution in [3.63, 3.8) is 0 Å². The van der Waals surface area contributed by atoms with Crippen LogP contribution in [-0.2, 0) is 4.74 Å². The number of nitrogens with two attached hydrogens (primary N) is 1. The SMILES string of the molecule is Cc1nc(NC(=O)OC(C)(C)C)sc1-c1oncc1N. The van der Waals surface area contributed by atoms with Gasteiger partial charge in [-0.15, -0.1) is 0 Å². The van der Waals surface area contributed by atoms with Crippen LogP contribution in [0.25, 0.3) is 10.6 Å². The number of hydrogen-bond donors (Lipinski definition) is 2. The van der Waals surface area contributed by atoms with Gasteiger partial charge in [0, 0.05) is 0 Å². The Labute approximate surface area is 120 Å². The molecular formula is C12H16N4O3S. The highest BCUT2D eigenvalue weighted by molar-refractivity contribution is 7.19. The molecule has 8 heteroatoms. The number of carbonyl (C=O) groups is 1. The van der Waals surface area contributed by atoms with E-state index in [0.29, 0.717) is 22.3 Å². The van der Waals surface area contributed by atoms with Crippen molar-refractivity contribution >= 4 is 28.2 Å². The number of rotatable bonds is 2. The maximum atomic E-state index is 11.7. The van der Waals surface area contributed by atoms with E-state index in [1.54, 1.807) is 27.7 Å². The van der Waals surface area contributed by atoms with Gasteiger partial charge in [0.1, 0.15) is 11.3 Å². The molecule has 2 rings (SSSR count). The van der Waals surface area contributed by atoms with Gasteiger partial charge in [-0.2, -0.15) is 0 Å². The third-order valence-electron chi connectivity index (χ3n) is 2.21. The minimum Gasteiger partial charge on any atom is -0.444 e. The first-order valence-electron chi connectivity index (χ1n) is 5.94. The van der Waals surface area contributed by atoms with Gasteiger partial charge in [-0.05, 0) is 27.7 Å². The first-order valence-corrected chi connectivity index (χ1v) is 6.76. The fourth-order valence-electron chi connectivity index (χ4n) is 1.47. The van der Waals surface area contributed by atoms with Gasteiger partial charge in [-0.25, -0.2) is 9.78 Å². The average Bonchev–Trinajstić information content (AvgIpc) is 2.82. The fourth-order valence-corrected chi connectivity index (χ4v) is 2.42. The van der Waals surface area contributed by atoms with Gasteiger partial charge in [-0.1, -0.05) is 16.5 Å². The number of amides is 1. The molecule has 20 heavy (non-hydrogen) atoms. The summed E-state index contributed by atoms with van der Waals surface area (Å²) in [5.74, 6) is 0.456. The van der Waals surface area contributed by atoms with E-state index in [2.05, 4.69) is 15.5 Å². The second-order valence-electron chi connectivity index (χ2n) is 5.17. The Kier molecular flexibility index (Phi) is 3.67. The van der Waals surface area contributed by atoms with E-state index < -0.39 is 11.7 Å². The Morgan fingerprint density at radius 1 is 1.50 bits per heavy atom. The smallest absolute Gasteiger partial charge is 0.413 e. The van der Waals surface area contributed by atoms with Crippen molar-refractivity contribution in [3.05, 3.63) is 11.9 Å². The van der Waals surface area contributed by atoms with Crippen LogP contribution in [0.1, 0.15) is 26.5 Å². The zero-order valence-electron chi connectivity index (χ0n) is 11.7. The van der Waals surface area contributed by atoms with Crippen LogP contribution in [-0.4, -0.2) is 21.8 Å². The Bertz CT molecular complexity index is 627. The first kappa shape index (κ1) is 14.3. The zero-order chi connectivity index (χ0) is 14.9. The number of nitrogen functional groups attached to an aromatic ring is 1. The van der Waals surface area contributed by atoms with Gasteiger partial charge >= 0.3 is 6.09 Å². The molecule has 108 valence electrons. The van der Waals surface area contributed by atoms with Crippen LogP contribution in [0.5, 0.6) is 0 Å². The summed E-state index contributed by atoms with van der Waals surface area (Å²) in [6.07, 6.45) is 0.874. The Morgan fingerprint density at radius 2 is 2.20 bits per heavy atom. The molecule has 2 heterocycles. The van der Waals surface area contributed by atoms with Gasteiger partial charge in [0.2, 0.25) is 5.76 Å². The van der Waals surface area contributed by atoms with Gasteiger partial charge < -0.3 is 15.0 Å². The molecule has 0 fully saturated rings. The number of hydrogen-bond acceptors (Lipinski definition) is 7. The number of anilines is 2. The Hall–Kier alpha value is -2.09. The van der Waals surface area contributed by atoms with E-state index in [4.69, 9.17) is 15.0 Å². The lowest BCUT2D eigenvalue weighted by Crippen LogP contribution is -2.27. The summed E-state index contributed by atoms with van der Waals surface area (Å²) in [5, 5.41) is 6.63. The molecule has 0 aliphatic rings. The van der Waals surface area contributed by atoms with E-state index in [9.17, 15) is 4.79 Å². The summed E-state index contributed by atoms with van der Waals surface area (Å²) in [6.45, 7) is 7.18. The number of ether oxygens (including phenoxy) is 1. The van der Waals surface area contributed by atoms with E-state index >= 15 is 0 Å².